The molecule has 132 valence electrons. The number of nitrogens with one attached hydrogen (secondary N) is 1. The minimum absolute atomic E-state index is 0.117. The van der Waals surface area contributed by atoms with Gasteiger partial charge < -0.3 is 10.2 Å². The molecule has 1 heterocycles. The summed E-state index contributed by atoms with van der Waals surface area (Å²) in [5.74, 6) is -0.354. The summed E-state index contributed by atoms with van der Waals surface area (Å²) in [5.41, 5.74) is 3.03. The van der Waals surface area contributed by atoms with Crippen molar-refractivity contribution in [2.45, 2.75) is 33.2 Å². The smallest absolute Gasteiger partial charge is 0.255 e. The van der Waals surface area contributed by atoms with Crippen molar-refractivity contribution in [3.8, 4) is 0 Å². The molecule has 0 fully saturated rings. The van der Waals surface area contributed by atoms with Gasteiger partial charge in [-0.25, -0.2) is 0 Å². The van der Waals surface area contributed by atoms with Gasteiger partial charge in [0.05, 0.1) is 11.1 Å². The van der Waals surface area contributed by atoms with Crippen molar-refractivity contribution in [2.24, 2.45) is 0 Å². The van der Waals surface area contributed by atoms with Gasteiger partial charge in [0.1, 0.15) is 0 Å². The molecule has 2 amide bonds. The van der Waals surface area contributed by atoms with Gasteiger partial charge in [-0.1, -0.05) is 43.2 Å². The molecule has 0 bridgehead atoms. The molecule has 0 saturated heterocycles. The first kappa shape index (κ1) is 18.6. The van der Waals surface area contributed by atoms with E-state index in [1.807, 2.05) is 31.2 Å². The highest BCUT2D eigenvalue weighted by atomic mass is 16.2. The van der Waals surface area contributed by atoms with Crippen LogP contribution in [0.3, 0.4) is 0 Å². The van der Waals surface area contributed by atoms with Crippen molar-refractivity contribution in [3.05, 3.63) is 65.0 Å². The van der Waals surface area contributed by atoms with Gasteiger partial charge in [0.15, 0.2) is 0 Å². The first-order valence-corrected chi connectivity index (χ1v) is 8.55. The third kappa shape index (κ3) is 5.41. The van der Waals surface area contributed by atoms with Gasteiger partial charge in [-0.05, 0) is 25.0 Å². The topological polar surface area (TPSA) is 62.3 Å². The van der Waals surface area contributed by atoms with E-state index in [0.717, 1.165) is 18.4 Å². The molecule has 0 aliphatic rings. The van der Waals surface area contributed by atoms with Gasteiger partial charge in [0, 0.05) is 32.5 Å². The molecule has 0 saturated carbocycles. The van der Waals surface area contributed by atoms with Gasteiger partial charge in [-0.15, -0.1) is 0 Å². The zero-order chi connectivity index (χ0) is 18.2. The van der Waals surface area contributed by atoms with Crippen LogP contribution in [-0.4, -0.2) is 35.3 Å². The molecule has 5 nitrogen and oxygen atoms in total. The second-order valence-corrected chi connectivity index (χ2v) is 6.21. The van der Waals surface area contributed by atoms with Crippen LogP contribution in [-0.2, 0) is 6.54 Å². The number of hydrogen-bond donors (Lipinski definition) is 1. The maximum atomic E-state index is 12.4. The van der Waals surface area contributed by atoms with Gasteiger partial charge in [0.2, 0.25) is 0 Å². The van der Waals surface area contributed by atoms with E-state index in [9.17, 15) is 9.59 Å². The molecule has 5 heteroatoms. The van der Waals surface area contributed by atoms with Crippen molar-refractivity contribution < 1.29 is 9.59 Å². The molecule has 0 aliphatic heterocycles. The maximum Gasteiger partial charge on any atom is 0.255 e. The molecule has 0 radical (unpaired) electrons. The summed E-state index contributed by atoms with van der Waals surface area (Å²) in [6.07, 6.45) is 4.96. The summed E-state index contributed by atoms with van der Waals surface area (Å²) in [4.78, 5) is 30.4. The number of aromatic nitrogens is 1. The van der Waals surface area contributed by atoms with E-state index >= 15 is 0 Å². The molecule has 25 heavy (non-hydrogen) atoms. The number of unbranched alkanes of at least 4 members (excludes halogenated alkanes) is 1. The summed E-state index contributed by atoms with van der Waals surface area (Å²) in [6.45, 7) is 5.24. The largest absolute Gasteiger partial charge is 0.348 e. The SMILES string of the molecule is CCCCN(C)C(=O)c1cncc(C(=O)NCc2ccc(C)cc2)c1. The lowest BCUT2D eigenvalue weighted by molar-refractivity contribution is 0.0793. The van der Waals surface area contributed by atoms with E-state index in [2.05, 4.69) is 17.2 Å². The van der Waals surface area contributed by atoms with Crippen LogP contribution in [0.1, 0.15) is 51.6 Å². The zero-order valence-electron chi connectivity index (χ0n) is 15.1. The third-order valence-corrected chi connectivity index (χ3v) is 4.01. The van der Waals surface area contributed by atoms with E-state index in [1.54, 1.807) is 18.0 Å². The fraction of sp³-hybridized carbons (Fsp3) is 0.350. The van der Waals surface area contributed by atoms with Crippen LogP contribution in [0.2, 0.25) is 0 Å². The second kappa shape index (κ2) is 8.97. The van der Waals surface area contributed by atoms with E-state index in [1.165, 1.54) is 18.0 Å². The average Bonchev–Trinajstić information content (AvgIpc) is 2.64. The number of pyridine rings is 1. The second-order valence-electron chi connectivity index (χ2n) is 6.21. The zero-order valence-corrected chi connectivity index (χ0v) is 15.1. The van der Waals surface area contributed by atoms with Crippen molar-refractivity contribution in [3.63, 3.8) is 0 Å². The highest BCUT2D eigenvalue weighted by Gasteiger charge is 2.14. The summed E-state index contributed by atoms with van der Waals surface area (Å²) in [7, 11) is 1.77. The molecule has 1 aromatic heterocycles. The summed E-state index contributed by atoms with van der Waals surface area (Å²) < 4.78 is 0. The monoisotopic (exact) mass is 339 g/mol. The molecular formula is C20H25N3O2. The normalized spacial score (nSPS) is 10.4. The Balaban J connectivity index is 2.00. The van der Waals surface area contributed by atoms with E-state index < -0.39 is 0 Å². The van der Waals surface area contributed by atoms with E-state index in [0.29, 0.717) is 24.2 Å². The number of hydrogen-bond acceptors (Lipinski definition) is 3. The molecule has 2 aromatic rings. The Hall–Kier alpha value is -2.69. The number of nitrogens with zero attached hydrogens (tertiary/aromatic N) is 2. The summed E-state index contributed by atoms with van der Waals surface area (Å²) >= 11 is 0. The Kier molecular flexibility index (Phi) is 6.69. The molecule has 2 rings (SSSR count). The first-order chi connectivity index (χ1) is 12.0. The Morgan fingerprint density at radius 2 is 1.80 bits per heavy atom. The minimum Gasteiger partial charge on any atom is -0.348 e. The fourth-order valence-corrected chi connectivity index (χ4v) is 2.39. The number of carbonyl (C=O) groups is 2. The molecule has 0 unspecified atom stereocenters. The molecular weight excluding hydrogens is 314 g/mol. The lowest BCUT2D eigenvalue weighted by Gasteiger charge is -2.16. The predicted molar refractivity (Wildman–Crippen MR) is 98.5 cm³/mol. The summed E-state index contributed by atoms with van der Waals surface area (Å²) in [6, 6.07) is 9.58. The lowest BCUT2D eigenvalue weighted by Crippen LogP contribution is -2.28. The Labute approximate surface area is 149 Å². The van der Waals surface area contributed by atoms with Crippen LogP contribution in [0.4, 0.5) is 0 Å². The molecule has 1 aromatic carbocycles. The maximum absolute atomic E-state index is 12.4. The number of benzene rings is 1. The van der Waals surface area contributed by atoms with Crippen LogP contribution in [0.25, 0.3) is 0 Å². The van der Waals surface area contributed by atoms with Crippen LogP contribution >= 0.6 is 0 Å². The van der Waals surface area contributed by atoms with Gasteiger partial charge in [0.25, 0.3) is 11.8 Å². The number of carbonyl (C=O) groups excluding carboxylic acids is 2. The van der Waals surface area contributed by atoms with E-state index in [4.69, 9.17) is 0 Å². The predicted octanol–water partition coefficient (Wildman–Crippen LogP) is 3.19. The minimum atomic E-state index is -0.237. The Morgan fingerprint density at radius 1 is 1.12 bits per heavy atom. The van der Waals surface area contributed by atoms with Gasteiger partial charge >= 0.3 is 0 Å². The van der Waals surface area contributed by atoms with Gasteiger partial charge in [-0.3, -0.25) is 14.6 Å². The Morgan fingerprint density at radius 3 is 2.48 bits per heavy atom. The number of aryl methyl sites for hydroxylation is 1. The Bertz CT molecular complexity index is 726. The summed E-state index contributed by atoms with van der Waals surface area (Å²) in [5, 5.41) is 2.86. The molecule has 0 spiro atoms. The third-order valence-electron chi connectivity index (χ3n) is 4.01. The lowest BCUT2D eigenvalue weighted by atomic mass is 10.1. The highest BCUT2D eigenvalue weighted by Crippen LogP contribution is 2.08. The number of amides is 2. The highest BCUT2D eigenvalue weighted by molar-refractivity contribution is 5.99. The van der Waals surface area contributed by atoms with Crippen molar-refractivity contribution in [1.29, 1.82) is 0 Å². The fourth-order valence-electron chi connectivity index (χ4n) is 2.39. The molecule has 0 aliphatic carbocycles. The molecule has 0 atom stereocenters. The van der Waals surface area contributed by atoms with Crippen LogP contribution in [0.5, 0.6) is 0 Å². The quantitative estimate of drug-likeness (QED) is 0.842. The van der Waals surface area contributed by atoms with Crippen molar-refractivity contribution in [1.82, 2.24) is 15.2 Å². The van der Waals surface area contributed by atoms with Crippen molar-refractivity contribution >= 4 is 11.8 Å². The average molecular weight is 339 g/mol. The van der Waals surface area contributed by atoms with Crippen molar-refractivity contribution in [2.75, 3.05) is 13.6 Å². The van der Waals surface area contributed by atoms with Crippen LogP contribution in [0.15, 0.2) is 42.7 Å². The van der Waals surface area contributed by atoms with Gasteiger partial charge in [-0.2, -0.15) is 0 Å². The number of rotatable bonds is 7. The van der Waals surface area contributed by atoms with Crippen LogP contribution < -0.4 is 5.32 Å². The standard InChI is InChI=1S/C20H25N3O2/c1-4-5-10-23(3)20(25)18-11-17(13-21-14-18)19(24)22-12-16-8-6-15(2)7-9-16/h6-9,11,13-14H,4-5,10,12H2,1-3H3,(H,22,24). The first-order valence-electron chi connectivity index (χ1n) is 8.55. The molecule has 1 N–H and O–H groups in total. The van der Waals surface area contributed by atoms with Crippen LogP contribution in [0, 0.1) is 6.92 Å². The van der Waals surface area contributed by atoms with E-state index in [-0.39, 0.29) is 11.8 Å².